The fraction of sp³-hybridized carbons (Fsp3) is 0.350. The Hall–Kier alpha value is -1.84. The van der Waals surface area contributed by atoms with Crippen molar-refractivity contribution < 1.29 is 12.9 Å². The molecule has 0 unspecified atom stereocenters. The molecular weight excluding hydrogens is 447 g/mol. The van der Waals surface area contributed by atoms with Crippen LogP contribution in [0.15, 0.2) is 51.9 Å². The summed E-state index contributed by atoms with van der Waals surface area (Å²) in [7, 11) is -3.60. The minimum atomic E-state index is -3.60. The maximum absolute atomic E-state index is 12.4. The highest BCUT2D eigenvalue weighted by molar-refractivity contribution is 7.89. The molecule has 0 bridgehead atoms. The second-order valence-corrected chi connectivity index (χ2v) is 9.74. The van der Waals surface area contributed by atoms with Crippen LogP contribution in [0.25, 0.3) is 11.0 Å². The molecule has 7 nitrogen and oxygen atoms in total. The monoisotopic (exact) mass is 468 g/mol. The Morgan fingerprint density at radius 1 is 1.03 bits per heavy atom. The van der Waals surface area contributed by atoms with Crippen molar-refractivity contribution in [2.24, 2.45) is 0 Å². The van der Waals surface area contributed by atoms with Gasteiger partial charge in [-0.2, -0.15) is 0 Å². The van der Waals surface area contributed by atoms with Gasteiger partial charge in [0.25, 0.3) is 0 Å². The molecular formula is C20H22Cl2N4O3S. The summed E-state index contributed by atoms with van der Waals surface area (Å²) in [6, 6.07) is 12.1. The fourth-order valence-corrected chi connectivity index (χ4v) is 4.98. The minimum Gasteiger partial charge on any atom is -0.354 e. The SMILES string of the molecule is O=S(=O)(NCCCN1CCN(c2noc3ccccc23)CC1)c1ccc(Cl)c(Cl)c1. The fourth-order valence-electron chi connectivity index (χ4n) is 3.52. The van der Waals surface area contributed by atoms with Crippen molar-refractivity contribution >= 4 is 50.0 Å². The molecule has 0 amide bonds. The summed E-state index contributed by atoms with van der Waals surface area (Å²) in [4.78, 5) is 4.67. The highest BCUT2D eigenvalue weighted by Gasteiger charge is 2.21. The molecule has 1 saturated heterocycles. The Morgan fingerprint density at radius 2 is 1.80 bits per heavy atom. The maximum atomic E-state index is 12.4. The van der Waals surface area contributed by atoms with Crippen LogP contribution >= 0.6 is 23.2 Å². The first-order valence-corrected chi connectivity index (χ1v) is 11.9. The van der Waals surface area contributed by atoms with Gasteiger partial charge in [0.1, 0.15) is 0 Å². The van der Waals surface area contributed by atoms with Crippen LogP contribution in [-0.4, -0.2) is 57.7 Å². The van der Waals surface area contributed by atoms with E-state index in [1.165, 1.54) is 18.2 Å². The zero-order valence-corrected chi connectivity index (χ0v) is 18.6. The van der Waals surface area contributed by atoms with Gasteiger partial charge in [-0.1, -0.05) is 40.5 Å². The standard InChI is InChI=1S/C20H22Cl2N4O3S/c21-17-7-6-15(14-18(17)22)30(27,28)23-8-3-9-25-10-12-26(13-11-25)20-16-4-1-2-5-19(16)29-24-20/h1-2,4-7,14,23H,3,8-13H2. The summed E-state index contributed by atoms with van der Waals surface area (Å²) >= 11 is 11.8. The second-order valence-electron chi connectivity index (χ2n) is 7.16. The third-order valence-corrected chi connectivity index (χ3v) is 7.37. The highest BCUT2D eigenvalue weighted by Crippen LogP contribution is 2.27. The van der Waals surface area contributed by atoms with Crippen LogP contribution in [0.4, 0.5) is 5.82 Å². The van der Waals surface area contributed by atoms with Gasteiger partial charge in [-0.15, -0.1) is 0 Å². The minimum absolute atomic E-state index is 0.116. The number of halogens is 2. The first-order valence-electron chi connectivity index (χ1n) is 9.70. The molecule has 1 N–H and O–H groups in total. The van der Waals surface area contributed by atoms with Crippen molar-refractivity contribution in [2.45, 2.75) is 11.3 Å². The van der Waals surface area contributed by atoms with Gasteiger partial charge in [0.2, 0.25) is 10.0 Å². The number of hydrogen-bond donors (Lipinski definition) is 1. The molecule has 0 radical (unpaired) electrons. The number of sulfonamides is 1. The van der Waals surface area contributed by atoms with Gasteiger partial charge >= 0.3 is 0 Å². The topological polar surface area (TPSA) is 78.7 Å². The molecule has 2 heterocycles. The van der Waals surface area contributed by atoms with Gasteiger partial charge in [0, 0.05) is 32.7 Å². The summed E-state index contributed by atoms with van der Waals surface area (Å²) in [6.07, 6.45) is 0.716. The average molecular weight is 469 g/mol. The normalized spacial score (nSPS) is 15.7. The van der Waals surface area contributed by atoms with E-state index in [1.807, 2.05) is 24.3 Å². The van der Waals surface area contributed by atoms with Crippen LogP contribution in [-0.2, 0) is 10.0 Å². The van der Waals surface area contributed by atoms with Crippen LogP contribution < -0.4 is 9.62 Å². The van der Waals surface area contributed by atoms with E-state index in [4.69, 9.17) is 27.7 Å². The van der Waals surface area contributed by atoms with Gasteiger partial charge in [-0.25, -0.2) is 13.1 Å². The van der Waals surface area contributed by atoms with E-state index in [0.717, 1.165) is 49.5 Å². The van der Waals surface area contributed by atoms with Crippen LogP contribution in [0.2, 0.25) is 10.0 Å². The van der Waals surface area contributed by atoms with Crippen LogP contribution in [0.5, 0.6) is 0 Å². The number of anilines is 1. The Morgan fingerprint density at radius 3 is 2.57 bits per heavy atom. The van der Waals surface area contributed by atoms with Gasteiger partial charge < -0.3 is 9.42 Å². The number of nitrogens with zero attached hydrogens (tertiary/aromatic N) is 3. The molecule has 2 aromatic carbocycles. The molecule has 1 fully saturated rings. The van der Waals surface area contributed by atoms with Gasteiger partial charge in [-0.05, 0) is 43.3 Å². The van der Waals surface area contributed by atoms with Crippen molar-refractivity contribution in [3.05, 3.63) is 52.5 Å². The Kier molecular flexibility index (Phi) is 6.50. The van der Waals surface area contributed by atoms with E-state index < -0.39 is 10.0 Å². The number of para-hydroxylation sites is 1. The van der Waals surface area contributed by atoms with Crippen LogP contribution in [0.1, 0.15) is 6.42 Å². The van der Waals surface area contributed by atoms with E-state index in [9.17, 15) is 8.42 Å². The number of benzene rings is 2. The molecule has 1 aliphatic rings. The number of piperazine rings is 1. The molecule has 0 aliphatic carbocycles. The zero-order chi connectivity index (χ0) is 21.1. The highest BCUT2D eigenvalue weighted by atomic mass is 35.5. The quantitative estimate of drug-likeness (QED) is 0.533. The lowest BCUT2D eigenvalue weighted by atomic mass is 10.2. The lowest BCUT2D eigenvalue weighted by Crippen LogP contribution is -2.47. The van der Waals surface area contributed by atoms with Crippen LogP contribution in [0.3, 0.4) is 0 Å². The van der Waals surface area contributed by atoms with Gasteiger partial charge in [0.15, 0.2) is 11.4 Å². The average Bonchev–Trinajstić information content (AvgIpc) is 3.18. The third-order valence-electron chi connectivity index (χ3n) is 5.17. The molecule has 0 spiro atoms. The largest absolute Gasteiger partial charge is 0.354 e. The predicted octanol–water partition coefficient (Wildman–Crippen LogP) is 3.63. The second kappa shape index (κ2) is 9.11. The number of nitrogens with one attached hydrogen (secondary N) is 1. The summed E-state index contributed by atoms with van der Waals surface area (Å²) in [5, 5.41) is 5.80. The summed E-state index contributed by atoms with van der Waals surface area (Å²) in [5.74, 6) is 0.889. The van der Waals surface area contributed by atoms with Crippen molar-refractivity contribution in [2.75, 3.05) is 44.2 Å². The van der Waals surface area contributed by atoms with E-state index in [2.05, 4.69) is 19.7 Å². The predicted molar refractivity (Wildman–Crippen MR) is 119 cm³/mol. The molecule has 0 atom stereocenters. The number of aromatic nitrogens is 1. The van der Waals surface area contributed by atoms with Crippen molar-refractivity contribution in [1.29, 1.82) is 0 Å². The number of hydrogen-bond acceptors (Lipinski definition) is 6. The molecule has 3 aromatic rings. The first kappa shape index (κ1) is 21.4. The third kappa shape index (κ3) is 4.73. The lowest BCUT2D eigenvalue weighted by Gasteiger charge is -2.34. The summed E-state index contributed by atoms with van der Waals surface area (Å²) in [5.41, 5.74) is 0.796. The summed E-state index contributed by atoms with van der Waals surface area (Å²) < 4.78 is 32.8. The molecule has 30 heavy (non-hydrogen) atoms. The van der Waals surface area contributed by atoms with Crippen molar-refractivity contribution in [3.8, 4) is 0 Å². The molecule has 4 rings (SSSR count). The smallest absolute Gasteiger partial charge is 0.240 e. The Balaban J connectivity index is 1.24. The lowest BCUT2D eigenvalue weighted by molar-refractivity contribution is 0.254. The van der Waals surface area contributed by atoms with E-state index in [1.54, 1.807) is 0 Å². The molecule has 10 heteroatoms. The maximum Gasteiger partial charge on any atom is 0.240 e. The van der Waals surface area contributed by atoms with Crippen molar-refractivity contribution in [1.82, 2.24) is 14.8 Å². The molecule has 1 aliphatic heterocycles. The first-order chi connectivity index (χ1) is 14.4. The molecule has 160 valence electrons. The van der Waals surface area contributed by atoms with E-state index in [0.29, 0.717) is 18.0 Å². The Labute approximate surface area is 185 Å². The van der Waals surface area contributed by atoms with Crippen LogP contribution in [0, 0.1) is 0 Å². The van der Waals surface area contributed by atoms with E-state index >= 15 is 0 Å². The van der Waals surface area contributed by atoms with Crippen molar-refractivity contribution in [3.63, 3.8) is 0 Å². The summed E-state index contributed by atoms with van der Waals surface area (Å²) in [6.45, 7) is 4.66. The van der Waals surface area contributed by atoms with Gasteiger partial charge in [-0.3, -0.25) is 4.90 Å². The molecule has 1 aromatic heterocycles. The van der Waals surface area contributed by atoms with Gasteiger partial charge in [0.05, 0.1) is 20.3 Å². The number of rotatable bonds is 7. The number of fused-ring (bicyclic) bond motifs is 1. The van der Waals surface area contributed by atoms with E-state index in [-0.39, 0.29) is 9.92 Å². The zero-order valence-electron chi connectivity index (χ0n) is 16.2. The molecule has 0 saturated carbocycles. The Bertz CT molecular complexity index is 1130.